The van der Waals surface area contributed by atoms with Gasteiger partial charge in [-0.2, -0.15) is 0 Å². The monoisotopic (exact) mass is 751 g/mol. The van der Waals surface area contributed by atoms with Crippen LogP contribution in [-0.2, 0) is 28.6 Å². The van der Waals surface area contributed by atoms with E-state index in [1.54, 1.807) is 0 Å². The molecule has 0 aromatic heterocycles. The van der Waals surface area contributed by atoms with Gasteiger partial charge >= 0.3 is 17.9 Å². The number of unbranched alkanes of at least 4 members (excludes halogenated alkanes) is 25. The highest BCUT2D eigenvalue weighted by atomic mass is 16.6. The first-order chi connectivity index (χ1) is 25.8. The molecule has 1 unspecified atom stereocenters. The van der Waals surface area contributed by atoms with Gasteiger partial charge in [-0.05, 0) is 31.1 Å². The lowest BCUT2D eigenvalue weighted by molar-refractivity contribution is -0.167. The minimum atomic E-state index is -0.760. The molecular formula is C47H90O6. The van der Waals surface area contributed by atoms with Gasteiger partial charge < -0.3 is 14.2 Å². The first kappa shape index (κ1) is 51.4. The van der Waals surface area contributed by atoms with Crippen LogP contribution in [0.15, 0.2) is 0 Å². The van der Waals surface area contributed by atoms with Gasteiger partial charge in [0.25, 0.3) is 0 Å². The van der Waals surface area contributed by atoms with Crippen molar-refractivity contribution in [2.75, 3.05) is 13.2 Å². The minimum Gasteiger partial charge on any atom is -0.462 e. The first-order valence-corrected chi connectivity index (χ1v) is 23.3. The summed E-state index contributed by atoms with van der Waals surface area (Å²) < 4.78 is 16.7. The largest absolute Gasteiger partial charge is 0.462 e. The van der Waals surface area contributed by atoms with Crippen LogP contribution in [0.1, 0.15) is 253 Å². The number of hydrogen-bond acceptors (Lipinski definition) is 6. The van der Waals surface area contributed by atoms with Crippen LogP contribution in [0.25, 0.3) is 0 Å². The van der Waals surface area contributed by atoms with Crippen molar-refractivity contribution in [3.63, 3.8) is 0 Å². The normalized spacial score (nSPS) is 12.6. The van der Waals surface area contributed by atoms with Crippen molar-refractivity contribution in [3.05, 3.63) is 0 Å². The Morgan fingerprint density at radius 2 is 0.717 bits per heavy atom. The Labute approximate surface area is 329 Å². The number of carbonyl (C=O) groups excluding carboxylic acids is 3. The molecule has 2 atom stereocenters. The summed E-state index contributed by atoms with van der Waals surface area (Å²) in [6.07, 6.45) is 38.0. The molecule has 0 fully saturated rings. The molecule has 0 saturated carbocycles. The summed E-state index contributed by atoms with van der Waals surface area (Å²) in [5, 5.41) is 0. The molecule has 0 aliphatic heterocycles. The molecule has 0 aromatic carbocycles. The SMILES string of the molecule is CCCCCCCCCCCCC(=O)O[C@H](COC(=O)CCCCCCCCCCCCCCC(C)C)COC(=O)CCCCCCCCC(C)CC. The molecule has 0 rings (SSSR count). The Morgan fingerprint density at radius 3 is 1.08 bits per heavy atom. The van der Waals surface area contributed by atoms with Gasteiger partial charge in [-0.3, -0.25) is 14.4 Å². The second-order valence-electron chi connectivity index (χ2n) is 16.8. The van der Waals surface area contributed by atoms with Crippen LogP contribution >= 0.6 is 0 Å². The highest BCUT2D eigenvalue weighted by Crippen LogP contribution is 2.17. The smallest absolute Gasteiger partial charge is 0.306 e. The van der Waals surface area contributed by atoms with Crippen LogP contribution in [0.4, 0.5) is 0 Å². The molecule has 0 N–H and O–H groups in total. The quantitative estimate of drug-likeness (QED) is 0.0352. The lowest BCUT2D eigenvalue weighted by Crippen LogP contribution is -2.30. The van der Waals surface area contributed by atoms with Gasteiger partial charge in [0, 0.05) is 19.3 Å². The van der Waals surface area contributed by atoms with Crippen LogP contribution < -0.4 is 0 Å². The van der Waals surface area contributed by atoms with E-state index in [0.29, 0.717) is 19.3 Å². The lowest BCUT2D eigenvalue weighted by atomic mass is 10.00. The molecule has 0 saturated heterocycles. The molecular weight excluding hydrogens is 661 g/mol. The molecule has 0 aliphatic carbocycles. The van der Waals surface area contributed by atoms with E-state index in [4.69, 9.17) is 14.2 Å². The van der Waals surface area contributed by atoms with E-state index in [1.807, 2.05) is 0 Å². The van der Waals surface area contributed by atoms with Crippen molar-refractivity contribution in [1.82, 2.24) is 0 Å². The van der Waals surface area contributed by atoms with Gasteiger partial charge in [0.15, 0.2) is 6.10 Å². The fourth-order valence-electron chi connectivity index (χ4n) is 6.90. The van der Waals surface area contributed by atoms with E-state index >= 15 is 0 Å². The molecule has 0 spiro atoms. The van der Waals surface area contributed by atoms with Crippen molar-refractivity contribution >= 4 is 17.9 Å². The summed E-state index contributed by atoms with van der Waals surface area (Å²) in [6.45, 7) is 11.3. The van der Waals surface area contributed by atoms with E-state index in [2.05, 4.69) is 34.6 Å². The average molecular weight is 751 g/mol. The Kier molecular flexibility index (Phi) is 38.9. The van der Waals surface area contributed by atoms with E-state index in [0.717, 1.165) is 69.6 Å². The molecule has 0 radical (unpaired) electrons. The molecule has 0 aliphatic rings. The minimum absolute atomic E-state index is 0.0652. The third-order valence-electron chi connectivity index (χ3n) is 10.8. The molecule has 314 valence electrons. The highest BCUT2D eigenvalue weighted by molar-refractivity contribution is 5.71. The van der Waals surface area contributed by atoms with Crippen LogP contribution in [0, 0.1) is 11.8 Å². The average Bonchev–Trinajstić information content (AvgIpc) is 3.14. The molecule has 0 amide bonds. The van der Waals surface area contributed by atoms with Crippen LogP contribution in [0.3, 0.4) is 0 Å². The number of rotatable bonds is 41. The third-order valence-corrected chi connectivity index (χ3v) is 10.8. The summed E-state index contributed by atoms with van der Waals surface area (Å²) in [4.78, 5) is 37.7. The molecule has 0 aromatic rings. The van der Waals surface area contributed by atoms with Crippen LogP contribution in [0.5, 0.6) is 0 Å². The predicted molar refractivity (Wildman–Crippen MR) is 224 cm³/mol. The number of ether oxygens (including phenoxy) is 3. The Morgan fingerprint density at radius 1 is 0.396 bits per heavy atom. The van der Waals surface area contributed by atoms with Gasteiger partial charge in [-0.25, -0.2) is 0 Å². The van der Waals surface area contributed by atoms with Crippen molar-refractivity contribution in [3.8, 4) is 0 Å². The first-order valence-electron chi connectivity index (χ1n) is 23.3. The van der Waals surface area contributed by atoms with Crippen LogP contribution in [0.2, 0.25) is 0 Å². The summed E-state index contributed by atoms with van der Waals surface area (Å²) >= 11 is 0. The molecule has 6 heteroatoms. The Balaban J connectivity index is 4.30. The van der Waals surface area contributed by atoms with Gasteiger partial charge in [-0.1, -0.05) is 214 Å². The highest BCUT2D eigenvalue weighted by Gasteiger charge is 2.19. The number of hydrogen-bond donors (Lipinski definition) is 0. The maximum atomic E-state index is 12.7. The topological polar surface area (TPSA) is 78.9 Å². The van der Waals surface area contributed by atoms with Gasteiger partial charge in [0.2, 0.25) is 0 Å². The van der Waals surface area contributed by atoms with E-state index in [-0.39, 0.29) is 31.1 Å². The standard InChI is InChI=1S/C47H90O6/c1-6-8-9-10-11-12-18-22-29-34-39-47(50)53-44(41-52-46(49)38-33-28-24-23-26-31-36-43(5)7-2)40-51-45(48)37-32-27-21-19-16-14-13-15-17-20-25-30-35-42(3)4/h42-44H,6-41H2,1-5H3/t43?,44-/m1/s1. The van der Waals surface area contributed by atoms with Crippen molar-refractivity contribution in [2.24, 2.45) is 11.8 Å². The van der Waals surface area contributed by atoms with Crippen molar-refractivity contribution < 1.29 is 28.6 Å². The zero-order chi connectivity index (χ0) is 39.0. The summed E-state index contributed by atoms with van der Waals surface area (Å²) in [5.41, 5.74) is 0. The third kappa shape index (κ3) is 39.9. The fraction of sp³-hybridized carbons (Fsp3) is 0.936. The van der Waals surface area contributed by atoms with Gasteiger partial charge in [0.05, 0.1) is 0 Å². The Bertz CT molecular complexity index is 811. The summed E-state index contributed by atoms with van der Waals surface area (Å²) in [7, 11) is 0. The molecule has 6 nitrogen and oxygen atoms in total. The number of carbonyl (C=O) groups is 3. The van der Waals surface area contributed by atoms with Gasteiger partial charge in [-0.15, -0.1) is 0 Å². The molecule has 0 bridgehead atoms. The second kappa shape index (κ2) is 40.1. The lowest BCUT2D eigenvalue weighted by Gasteiger charge is -2.18. The fourth-order valence-corrected chi connectivity index (χ4v) is 6.90. The predicted octanol–water partition coefficient (Wildman–Crippen LogP) is 14.6. The Hall–Kier alpha value is -1.59. The van der Waals surface area contributed by atoms with Crippen molar-refractivity contribution in [1.29, 1.82) is 0 Å². The zero-order valence-electron chi connectivity index (χ0n) is 36.1. The van der Waals surface area contributed by atoms with E-state index in [1.165, 1.54) is 141 Å². The second-order valence-corrected chi connectivity index (χ2v) is 16.8. The maximum absolute atomic E-state index is 12.7. The van der Waals surface area contributed by atoms with E-state index in [9.17, 15) is 14.4 Å². The molecule has 53 heavy (non-hydrogen) atoms. The zero-order valence-corrected chi connectivity index (χ0v) is 36.1. The summed E-state index contributed by atoms with van der Waals surface area (Å²) in [5.74, 6) is 0.788. The van der Waals surface area contributed by atoms with Crippen molar-refractivity contribution in [2.45, 2.75) is 259 Å². The number of esters is 3. The maximum Gasteiger partial charge on any atom is 0.306 e. The summed E-state index contributed by atoms with van der Waals surface area (Å²) in [6, 6.07) is 0. The van der Waals surface area contributed by atoms with Crippen LogP contribution in [-0.4, -0.2) is 37.2 Å². The van der Waals surface area contributed by atoms with E-state index < -0.39 is 6.10 Å². The van der Waals surface area contributed by atoms with Gasteiger partial charge in [0.1, 0.15) is 13.2 Å². The molecule has 0 heterocycles.